The van der Waals surface area contributed by atoms with E-state index in [0.717, 1.165) is 0 Å². The van der Waals surface area contributed by atoms with E-state index < -0.39 is 50.5 Å². The van der Waals surface area contributed by atoms with Crippen molar-refractivity contribution < 1.29 is 37.4 Å². The lowest BCUT2D eigenvalue weighted by molar-refractivity contribution is -0.118. The zero-order chi connectivity index (χ0) is 31.0. The maximum absolute atomic E-state index is 14.0. The average Bonchev–Trinajstić information content (AvgIpc) is 3.77. The number of amides is 1. The summed E-state index contributed by atoms with van der Waals surface area (Å²) in [7, 11) is -1.23. The van der Waals surface area contributed by atoms with Crippen molar-refractivity contribution in [1.82, 2.24) is 44.1 Å². The molecule has 0 spiro atoms. The molecule has 0 aromatic carbocycles. The van der Waals surface area contributed by atoms with E-state index in [9.17, 15) is 9.36 Å². The van der Waals surface area contributed by atoms with Gasteiger partial charge in [-0.3, -0.25) is 28.1 Å². The van der Waals surface area contributed by atoms with Gasteiger partial charge in [0.05, 0.1) is 32.0 Å². The van der Waals surface area contributed by atoms with Crippen LogP contribution in [0.4, 0.5) is 11.6 Å². The van der Waals surface area contributed by atoms with Crippen LogP contribution < -0.4 is 16.6 Å². The van der Waals surface area contributed by atoms with Crippen LogP contribution in [0.25, 0.3) is 22.3 Å². The highest BCUT2D eigenvalue weighted by Crippen LogP contribution is 2.50. The molecule has 0 radical (unpaired) electrons. The number of methoxy groups -OCH3 is 2. The lowest BCUT2D eigenvalue weighted by atomic mass is 10.2. The quantitative estimate of drug-likeness (QED) is 0.193. The molecule has 2 aliphatic heterocycles. The van der Waals surface area contributed by atoms with Gasteiger partial charge < -0.3 is 30.4 Å². The van der Waals surface area contributed by atoms with Crippen molar-refractivity contribution in [1.29, 1.82) is 0 Å². The average molecular weight is 634 g/mol. The van der Waals surface area contributed by atoms with E-state index in [0.29, 0.717) is 28.7 Å². The Morgan fingerprint density at radius 1 is 0.909 bits per heavy atom. The molecular formula is C24H32N11O8P. The SMILES string of the molecule is COCC1O[C@@H](n2cnc3c(N)ncnc32)C[C@H]1OP(=O)(NC(C)=O)OCC1O[C@@H](n2cnc3c(N)ncnc32)C[C@H]1OC. The molecule has 5 N–H and O–H groups in total. The van der Waals surface area contributed by atoms with Crippen LogP contribution in [0.1, 0.15) is 32.2 Å². The fraction of sp³-hybridized carbons (Fsp3) is 0.542. The van der Waals surface area contributed by atoms with E-state index in [2.05, 4.69) is 35.0 Å². The van der Waals surface area contributed by atoms with Crippen LogP contribution >= 0.6 is 7.75 Å². The van der Waals surface area contributed by atoms with Gasteiger partial charge >= 0.3 is 7.75 Å². The summed E-state index contributed by atoms with van der Waals surface area (Å²) in [6.45, 7) is 1.08. The summed E-state index contributed by atoms with van der Waals surface area (Å²) < 4.78 is 52.5. The molecule has 6 rings (SSSR count). The number of nitrogens with two attached hydrogens (primary N) is 2. The lowest BCUT2D eigenvalue weighted by Crippen LogP contribution is -2.33. The first-order valence-electron chi connectivity index (χ1n) is 13.6. The predicted molar refractivity (Wildman–Crippen MR) is 151 cm³/mol. The molecule has 6 heterocycles. The van der Waals surface area contributed by atoms with E-state index >= 15 is 0 Å². The Labute approximate surface area is 250 Å². The van der Waals surface area contributed by atoms with E-state index in [-0.39, 0.29) is 31.3 Å². The second-order valence-electron chi connectivity index (χ2n) is 10.2. The van der Waals surface area contributed by atoms with E-state index in [1.165, 1.54) is 40.1 Å². The molecule has 20 heteroatoms. The zero-order valence-electron chi connectivity index (χ0n) is 24.0. The molecule has 0 saturated carbocycles. The van der Waals surface area contributed by atoms with Gasteiger partial charge in [0.1, 0.15) is 54.5 Å². The second-order valence-corrected chi connectivity index (χ2v) is 11.9. The number of anilines is 2. The van der Waals surface area contributed by atoms with Gasteiger partial charge in [-0.1, -0.05) is 0 Å². The smallest absolute Gasteiger partial charge is 0.382 e. The highest BCUT2D eigenvalue weighted by molar-refractivity contribution is 7.52. The zero-order valence-corrected chi connectivity index (χ0v) is 24.9. The predicted octanol–water partition coefficient (Wildman–Crippen LogP) is 0.713. The highest BCUT2D eigenvalue weighted by Gasteiger charge is 2.45. The van der Waals surface area contributed by atoms with Gasteiger partial charge in [0, 0.05) is 34.0 Å². The minimum atomic E-state index is -4.26. The number of nitrogen functional groups attached to an aromatic ring is 2. The monoisotopic (exact) mass is 633 g/mol. The molecule has 1 amide bonds. The number of carbonyl (C=O) groups excluding carboxylic acids is 1. The van der Waals surface area contributed by atoms with Gasteiger partial charge in [0.15, 0.2) is 22.9 Å². The van der Waals surface area contributed by atoms with Gasteiger partial charge in [0.2, 0.25) is 5.91 Å². The molecule has 3 unspecified atom stereocenters. The van der Waals surface area contributed by atoms with Crippen LogP contribution in [-0.2, 0) is 37.4 Å². The van der Waals surface area contributed by atoms with Crippen molar-refractivity contribution in [2.45, 2.75) is 56.6 Å². The largest absolute Gasteiger partial charge is 0.435 e. The Balaban J connectivity index is 1.18. The molecule has 2 aliphatic rings. The molecule has 236 valence electrons. The lowest BCUT2D eigenvalue weighted by Gasteiger charge is -2.26. The van der Waals surface area contributed by atoms with Gasteiger partial charge in [-0.05, 0) is 0 Å². The Morgan fingerprint density at radius 2 is 1.45 bits per heavy atom. The van der Waals surface area contributed by atoms with Crippen molar-refractivity contribution in [3.63, 3.8) is 0 Å². The Morgan fingerprint density at radius 3 is 1.98 bits per heavy atom. The van der Waals surface area contributed by atoms with E-state index in [4.69, 9.17) is 39.5 Å². The molecular weight excluding hydrogens is 601 g/mol. The molecule has 0 bridgehead atoms. The number of nitrogens with one attached hydrogen (secondary N) is 1. The fourth-order valence-corrected chi connectivity index (χ4v) is 6.84. The number of imidazole rings is 2. The molecule has 19 nitrogen and oxygen atoms in total. The van der Waals surface area contributed by atoms with Crippen molar-refractivity contribution >= 4 is 47.6 Å². The molecule has 7 atom stereocenters. The summed E-state index contributed by atoms with van der Waals surface area (Å²) in [5.41, 5.74) is 13.7. The Kier molecular flexibility index (Phi) is 8.42. The topological polar surface area (TPSA) is 241 Å². The maximum atomic E-state index is 14.0. The molecule has 2 saturated heterocycles. The summed E-state index contributed by atoms with van der Waals surface area (Å²) in [5, 5.41) is 2.34. The number of fused-ring (bicyclic) bond motifs is 2. The molecule has 4 aromatic heterocycles. The van der Waals surface area contributed by atoms with Crippen molar-refractivity contribution in [2.24, 2.45) is 0 Å². The Hall–Kier alpha value is -3.84. The number of carbonyl (C=O) groups is 1. The van der Waals surface area contributed by atoms with Gasteiger partial charge in [-0.15, -0.1) is 0 Å². The van der Waals surface area contributed by atoms with Crippen LogP contribution in [-0.4, -0.2) is 96.8 Å². The number of hydrogen-bond donors (Lipinski definition) is 3. The van der Waals surface area contributed by atoms with Crippen LogP contribution in [0.15, 0.2) is 25.3 Å². The standard InChI is InChI=1S/C24H32N11O8P/c1-12(36)33-44(37,40-7-16-13(39-3)4-17(42-16)34-10-31-19-21(25)27-8-29-23(19)34)43-14-5-18(41-15(14)6-38-2)35-11-32-20-22(26)28-9-30-24(20)35/h8-11,13-18H,4-7H2,1-3H3,(H2,25,27,29)(H2,26,28,30)(H,33,36,37)/t13-,14-,15?,16?,17-,18-,44?/m1/s1. The highest BCUT2D eigenvalue weighted by atomic mass is 31.2. The van der Waals surface area contributed by atoms with Gasteiger partial charge in [0.25, 0.3) is 0 Å². The van der Waals surface area contributed by atoms with Crippen LogP contribution in [0.3, 0.4) is 0 Å². The van der Waals surface area contributed by atoms with Crippen molar-refractivity contribution in [3.05, 3.63) is 25.3 Å². The summed E-state index contributed by atoms with van der Waals surface area (Å²) in [6.07, 6.45) is 2.59. The second kappa shape index (κ2) is 12.3. The number of ether oxygens (including phenoxy) is 4. The van der Waals surface area contributed by atoms with E-state index in [1.54, 1.807) is 15.5 Å². The summed E-state index contributed by atoms with van der Waals surface area (Å²) in [5.74, 6) is -0.150. The van der Waals surface area contributed by atoms with Gasteiger partial charge in [-0.2, -0.15) is 0 Å². The maximum Gasteiger partial charge on any atom is 0.435 e. The number of hydrogen-bond acceptors (Lipinski definition) is 16. The first-order valence-corrected chi connectivity index (χ1v) is 15.1. The third-order valence-corrected chi connectivity index (χ3v) is 8.99. The van der Waals surface area contributed by atoms with E-state index in [1.807, 2.05) is 0 Å². The Bertz CT molecular complexity index is 1700. The van der Waals surface area contributed by atoms with Crippen LogP contribution in [0.5, 0.6) is 0 Å². The summed E-state index contributed by atoms with van der Waals surface area (Å²) in [6, 6.07) is 0. The van der Waals surface area contributed by atoms with Crippen molar-refractivity contribution in [2.75, 3.05) is 38.9 Å². The third kappa shape index (κ3) is 5.82. The normalized spacial score (nSPS) is 26.8. The molecule has 2 fully saturated rings. The summed E-state index contributed by atoms with van der Waals surface area (Å²) in [4.78, 5) is 37.2. The van der Waals surface area contributed by atoms with Crippen molar-refractivity contribution in [3.8, 4) is 0 Å². The molecule has 4 aromatic rings. The first-order chi connectivity index (χ1) is 21.2. The summed E-state index contributed by atoms with van der Waals surface area (Å²) >= 11 is 0. The number of rotatable bonds is 11. The minimum Gasteiger partial charge on any atom is -0.382 e. The molecule has 0 aliphatic carbocycles. The van der Waals surface area contributed by atoms with Gasteiger partial charge in [-0.25, -0.2) is 34.5 Å². The minimum absolute atomic E-state index is 0.108. The molecule has 44 heavy (non-hydrogen) atoms. The number of aromatic nitrogens is 8. The fourth-order valence-electron chi connectivity index (χ4n) is 5.36. The third-order valence-electron chi connectivity index (χ3n) is 7.37. The first kappa shape index (κ1) is 30.2. The van der Waals surface area contributed by atoms with Crippen LogP contribution in [0, 0.1) is 0 Å². The van der Waals surface area contributed by atoms with Crippen LogP contribution in [0.2, 0.25) is 0 Å². The number of nitrogens with zero attached hydrogens (tertiary/aromatic N) is 8.